The number of fused-ring (bicyclic) bond motifs is 1. The average Bonchev–Trinajstić information content (AvgIpc) is 2.49. The topological polar surface area (TPSA) is 81.0 Å². The van der Waals surface area contributed by atoms with Crippen LogP contribution in [0.4, 0.5) is 17.3 Å². The normalized spacial score (nSPS) is 10.5. The minimum Gasteiger partial charge on any atom is -0.324 e. The van der Waals surface area contributed by atoms with Crippen LogP contribution in [0, 0.1) is 10.1 Å². The summed E-state index contributed by atoms with van der Waals surface area (Å²) in [5, 5.41) is 16.0. The summed E-state index contributed by atoms with van der Waals surface area (Å²) in [5.41, 5.74) is -0.0607. The second kappa shape index (κ2) is 5.34. The van der Waals surface area contributed by atoms with Crippen molar-refractivity contribution < 1.29 is 4.92 Å². The zero-order chi connectivity index (χ0) is 14.8. The lowest BCUT2D eigenvalue weighted by Crippen LogP contribution is -1.97. The highest BCUT2D eigenvalue weighted by Gasteiger charge is 2.08. The largest absolute Gasteiger partial charge is 0.324 e. The number of rotatable bonds is 3. The molecule has 7 heteroatoms. The van der Waals surface area contributed by atoms with E-state index in [2.05, 4.69) is 15.3 Å². The molecule has 2 aromatic heterocycles. The second-order valence-electron chi connectivity index (χ2n) is 4.28. The Morgan fingerprint density at radius 1 is 1.10 bits per heavy atom. The molecular weight excluding hydrogens is 292 g/mol. The van der Waals surface area contributed by atoms with E-state index < -0.39 is 4.92 Å². The summed E-state index contributed by atoms with van der Waals surface area (Å²) in [6.07, 6.45) is 2.84. The van der Waals surface area contributed by atoms with Gasteiger partial charge in [-0.15, -0.1) is 0 Å². The first-order valence-corrected chi connectivity index (χ1v) is 6.43. The minimum atomic E-state index is -0.493. The van der Waals surface area contributed by atoms with Gasteiger partial charge >= 0.3 is 0 Å². The molecule has 21 heavy (non-hydrogen) atoms. The third kappa shape index (κ3) is 2.61. The second-order valence-corrected chi connectivity index (χ2v) is 4.69. The van der Waals surface area contributed by atoms with Gasteiger partial charge in [0.15, 0.2) is 0 Å². The number of nitrogens with one attached hydrogen (secondary N) is 1. The molecule has 3 rings (SSSR count). The van der Waals surface area contributed by atoms with Gasteiger partial charge < -0.3 is 5.32 Å². The van der Waals surface area contributed by atoms with Gasteiger partial charge in [-0.25, -0.2) is 9.97 Å². The molecule has 0 bridgehead atoms. The molecule has 1 aromatic carbocycles. The van der Waals surface area contributed by atoms with Crippen LogP contribution in [0.5, 0.6) is 0 Å². The number of benzene rings is 1. The Balaban J connectivity index is 1.98. The van der Waals surface area contributed by atoms with Crippen LogP contribution in [0.3, 0.4) is 0 Å². The molecule has 3 aromatic rings. The molecule has 0 saturated carbocycles. The van der Waals surface area contributed by atoms with E-state index in [1.54, 1.807) is 12.3 Å². The number of halogens is 1. The number of anilines is 2. The Morgan fingerprint density at radius 3 is 2.67 bits per heavy atom. The first-order valence-electron chi connectivity index (χ1n) is 6.06. The third-order valence-electron chi connectivity index (χ3n) is 2.96. The number of nitrogens with zero attached hydrogens (tertiary/aromatic N) is 3. The SMILES string of the molecule is O=[N+]([O-])c1ccc(Nc2nccc3c(Cl)cccc23)nc1. The minimum absolute atomic E-state index is 0.0607. The highest BCUT2D eigenvalue weighted by atomic mass is 35.5. The molecule has 0 aliphatic rings. The van der Waals surface area contributed by atoms with E-state index in [9.17, 15) is 10.1 Å². The number of aromatic nitrogens is 2. The molecular formula is C14H9ClN4O2. The summed E-state index contributed by atoms with van der Waals surface area (Å²) in [7, 11) is 0. The Labute approximate surface area is 124 Å². The molecule has 0 radical (unpaired) electrons. The molecule has 0 aliphatic carbocycles. The maximum absolute atomic E-state index is 10.6. The van der Waals surface area contributed by atoms with Gasteiger partial charge in [-0.3, -0.25) is 10.1 Å². The molecule has 0 atom stereocenters. The lowest BCUT2D eigenvalue weighted by Gasteiger charge is -2.08. The van der Waals surface area contributed by atoms with Crippen molar-refractivity contribution in [1.82, 2.24) is 9.97 Å². The van der Waals surface area contributed by atoms with Gasteiger partial charge in [0.05, 0.1) is 4.92 Å². The van der Waals surface area contributed by atoms with Crippen LogP contribution < -0.4 is 5.32 Å². The molecule has 104 valence electrons. The van der Waals surface area contributed by atoms with Crippen LogP contribution >= 0.6 is 11.6 Å². The zero-order valence-corrected chi connectivity index (χ0v) is 11.4. The van der Waals surface area contributed by atoms with E-state index in [-0.39, 0.29) is 5.69 Å². The van der Waals surface area contributed by atoms with Crippen molar-refractivity contribution in [1.29, 1.82) is 0 Å². The molecule has 6 nitrogen and oxygen atoms in total. The highest BCUT2D eigenvalue weighted by molar-refractivity contribution is 6.35. The van der Waals surface area contributed by atoms with Gasteiger partial charge in [-0.1, -0.05) is 23.7 Å². The molecule has 0 spiro atoms. The van der Waals surface area contributed by atoms with Gasteiger partial charge in [-0.2, -0.15) is 0 Å². The Hall–Kier alpha value is -2.73. The van der Waals surface area contributed by atoms with Gasteiger partial charge in [0, 0.05) is 28.1 Å². The van der Waals surface area contributed by atoms with Crippen molar-refractivity contribution in [3.63, 3.8) is 0 Å². The summed E-state index contributed by atoms with van der Waals surface area (Å²) >= 11 is 6.14. The predicted octanol–water partition coefficient (Wildman–Crippen LogP) is 3.94. The fraction of sp³-hybridized carbons (Fsp3) is 0. The molecule has 0 unspecified atom stereocenters. The van der Waals surface area contributed by atoms with Crippen LogP contribution in [0.15, 0.2) is 48.8 Å². The molecule has 0 aliphatic heterocycles. The van der Waals surface area contributed by atoms with Crippen molar-refractivity contribution in [2.75, 3.05) is 5.32 Å². The van der Waals surface area contributed by atoms with E-state index in [1.165, 1.54) is 18.3 Å². The van der Waals surface area contributed by atoms with Crippen molar-refractivity contribution >= 4 is 39.7 Å². The number of pyridine rings is 2. The van der Waals surface area contributed by atoms with Crippen LogP contribution in [0.2, 0.25) is 5.02 Å². The van der Waals surface area contributed by atoms with Crippen molar-refractivity contribution in [3.8, 4) is 0 Å². The fourth-order valence-corrected chi connectivity index (χ4v) is 2.20. The van der Waals surface area contributed by atoms with E-state index in [0.29, 0.717) is 16.7 Å². The maximum Gasteiger partial charge on any atom is 0.287 e. The number of hydrogen-bond donors (Lipinski definition) is 1. The van der Waals surface area contributed by atoms with Crippen molar-refractivity contribution in [3.05, 3.63) is 63.9 Å². The smallest absolute Gasteiger partial charge is 0.287 e. The summed E-state index contributed by atoms with van der Waals surface area (Å²) in [6, 6.07) is 10.3. The molecule has 2 heterocycles. The van der Waals surface area contributed by atoms with Gasteiger partial charge in [-0.05, 0) is 18.2 Å². The third-order valence-corrected chi connectivity index (χ3v) is 3.29. The zero-order valence-electron chi connectivity index (χ0n) is 10.7. The summed E-state index contributed by atoms with van der Waals surface area (Å²) < 4.78 is 0. The summed E-state index contributed by atoms with van der Waals surface area (Å²) in [5.74, 6) is 1.07. The van der Waals surface area contributed by atoms with Crippen molar-refractivity contribution in [2.24, 2.45) is 0 Å². The Kier molecular flexibility index (Phi) is 3.37. The van der Waals surface area contributed by atoms with Crippen LogP contribution in [0.1, 0.15) is 0 Å². The Bertz CT molecular complexity index is 821. The maximum atomic E-state index is 10.6. The van der Waals surface area contributed by atoms with Crippen LogP contribution in [0.25, 0.3) is 10.8 Å². The molecule has 0 amide bonds. The monoisotopic (exact) mass is 300 g/mol. The molecule has 0 saturated heterocycles. The van der Waals surface area contributed by atoms with Gasteiger partial charge in [0.1, 0.15) is 17.8 Å². The Morgan fingerprint density at radius 2 is 1.95 bits per heavy atom. The first-order chi connectivity index (χ1) is 10.1. The number of nitro groups is 1. The average molecular weight is 301 g/mol. The van der Waals surface area contributed by atoms with E-state index in [1.807, 2.05) is 18.2 Å². The van der Waals surface area contributed by atoms with E-state index >= 15 is 0 Å². The van der Waals surface area contributed by atoms with E-state index in [0.717, 1.165) is 10.8 Å². The molecule has 1 N–H and O–H groups in total. The lowest BCUT2D eigenvalue weighted by molar-refractivity contribution is -0.385. The molecule has 0 fully saturated rings. The van der Waals surface area contributed by atoms with Crippen LogP contribution in [-0.4, -0.2) is 14.9 Å². The quantitative estimate of drug-likeness (QED) is 0.585. The van der Waals surface area contributed by atoms with Gasteiger partial charge in [0.2, 0.25) is 0 Å². The van der Waals surface area contributed by atoms with Gasteiger partial charge in [0.25, 0.3) is 5.69 Å². The summed E-state index contributed by atoms with van der Waals surface area (Å²) in [6.45, 7) is 0. The first kappa shape index (κ1) is 13.3. The number of hydrogen-bond acceptors (Lipinski definition) is 5. The predicted molar refractivity (Wildman–Crippen MR) is 80.9 cm³/mol. The standard InChI is InChI=1S/C14H9ClN4O2/c15-12-3-1-2-11-10(12)6-7-16-14(11)18-13-5-4-9(8-17-13)19(20)21/h1-8H,(H,16,17,18). The van der Waals surface area contributed by atoms with E-state index in [4.69, 9.17) is 11.6 Å². The van der Waals surface area contributed by atoms with Crippen molar-refractivity contribution in [2.45, 2.75) is 0 Å². The highest BCUT2D eigenvalue weighted by Crippen LogP contribution is 2.28. The van der Waals surface area contributed by atoms with Crippen LogP contribution in [-0.2, 0) is 0 Å². The fourth-order valence-electron chi connectivity index (χ4n) is 1.96. The summed E-state index contributed by atoms with van der Waals surface area (Å²) in [4.78, 5) is 18.4. The lowest BCUT2D eigenvalue weighted by atomic mass is 10.1.